The van der Waals surface area contributed by atoms with Gasteiger partial charge < -0.3 is 10.1 Å². The normalized spacial score (nSPS) is 11.1. The van der Waals surface area contributed by atoms with Crippen LogP contribution in [0.3, 0.4) is 0 Å². The van der Waals surface area contributed by atoms with E-state index in [1.165, 1.54) is 30.3 Å². The SMILES string of the molecule is Cc1cc(C)cc(NC(=O)COc2ccc(S(=O)(=O)Nc3ccc(F)cc3)cc2Cl)c1. The van der Waals surface area contributed by atoms with Crippen molar-refractivity contribution in [2.45, 2.75) is 18.7 Å². The highest BCUT2D eigenvalue weighted by atomic mass is 35.5. The number of carbonyl (C=O) groups excluding carboxylic acids is 1. The van der Waals surface area contributed by atoms with E-state index in [0.29, 0.717) is 5.69 Å². The minimum atomic E-state index is -3.94. The fraction of sp³-hybridized carbons (Fsp3) is 0.136. The van der Waals surface area contributed by atoms with Crippen molar-refractivity contribution < 1.29 is 22.3 Å². The van der Waals surface area contributed by atoms with E-state index in [2.05, 4.69) is 10.0 Å². The summed E-state index contributed by atoms with van der Waals surface area (Å²) in [6, 6.07) is 14.4. The highest BCUT2D eigenvalue weighted by Crippen LogP contribution is 2.28. The maximum absolute atomic E-state index is 13.0. The van der Waals surface area contributed by atoms with Crippen LogP contribution in [0.1, 0.15) is 11.1 Å². The van der Waals surface area contributed by atoms with E-state index < -0.39 is 15.8 Å². The van der Waals surface area contributed by atoms with Gasteiger partial charge in [-0.15, -0.1) is 0 Å². The quantitative estimate of drug-likeness (QED) is 0.522. The lowest BCUT2D eigenvalue weighted by molar-refractivity contribution is -0.118. The third-order valence-corrected chi connectivity index (χ3v) is 5.85. The summed E-state index contributed by atoms with van der Waals surface area (Å²) in [4.78, 5) is 12.1. The van der Waals surface area contributed by atoms with Gasteiger partial charge in [0.2, 0.25) is 0 Å². The van der Waals surface area contributed by atoms with Crippen LogP contribution in [0.5, 0.6) is 5.75 Å². The number of rotatable bonds is 7. The lowest BCUT2D eigenvalue weighted by atomic mass is 10.1. The van der Waals surface area contributed by atoms with Gasteiger partial charge in [-0.2, -0.15) is 0 Å². The van der Waals surface area contributed by atoms with E-state index >= 15 is 0 Å². The molecule has 0 fully saturated rings. The Morgan fingerprint density at radius 2 is 1.61 bits per heavy atom. The molecule has 0 heterocycles. The summed E-state index contributed by atoms with van der Waals surface area (Å²) in [7, 11) is -3.94. The second kappa shape index (κ2) is 9.36. The Morgan fingerprint density at radius 1 is 0.968 bits per heavy atom. The summed E-state index contributed by atoms with van der Waals surface area (Å²) in [5.74, 6) is -0.692. The fourth-order valence-corrected chi connectivity index (χ4v) is 4.27. The second-order valence-corrected chi connectivity index (χ2v) is 9.01. The van der Waals surface area contributed by atoms with Gasteiger partial charge in [-0.05, 0) is 79.6 Å². The van der Waals surface area contributed by atoms with E-state index in [-0.39, 0.29) is 33.9 Å². The van der Waals surface area contributed by atoms with E-state index in [1.54, 1.807) is 0 Å². The molecule has 3 rings (SSSR count). The Balaban J connectivity index is 1.64. The molecule has 0 radical (unpaired) electrons. The van der Waals surface area contributed by atoms with Gasteiger partial charge in [0, 0.05) is 11.4 Å². The summed E-state index contributed by atoms with van der Waals surface area (Å²) in [5, 5.41) is 2.77. The molecule has 1 amide bonds. The number of amides is 1. The van der Waals surface area contributed by atoms with Gasteiger partial charge in [-0.3, -0.25) is 9.52 Å². The van der Waals surface area contributed by atoms with Gasteiger partial charge in [-0.25, -0.2) is 12.8 Å². The Labute approximate surface area is 185 Å². The Hall–Kier alpha value is -3.10. The van der Waals surface area contributed by atoms with E-state index in [4.69, 9.17) is 16.3 Å². The predicted molar refractivity (Wildman–Crippen MR) is 119 cm³/mol. The summed E-state index contributed by atoms with van der Waals surface area (Å²) in [5.41, 5.74) is 2.90. The van der Waals surface area contributed by atoms with Gasteiger partial charge >= 0.3 is 0 Å². The lowest BCUT2D eigenvalue weighted by Gasteiger charge is -2.12. The number of aryl methyl sites for hydroxylation is 2. The monoisotopic (exact) mass is 462 g/mol. The molecule has 0 unspecified atom stereocenters. The molecule has 0 aromatic heterocycles. The molecular weight excluding hydrogens is 443 g/mol. The minimum Gasteiger partial charge on any atom is -0.482 e. The van der Waals surface area contributed by atoms with Crippen molar-refractivity contribution in [2.24, 2.45) is 0 Å². The topological polar surface area (TPSA) is 84.5 Å². The summed E-state index contributed by atoms with van der Waals surface area (Å²) in [6.45, 7) is 3.56. The van der Waals surface area contributed by atoms with Crippen LogP contribution < -0.4 is 14.8 Å². The first kappa shape index (κ1) is 22.6. The predicted octanol–water partition coefficient (Wildman–Crippen LogP) is 4.91. The van der Waals surface area contributed by atoms with Crippen LogP contribution in [0.15, 0.2) is 65.6 Å². The number of anilines is 2. The van der Waals surface area contributed by atoms with Crippen LogP contribution in [0.2, 0.25) is 5.02 Å². The third kappa shape index (κ3) is 6.19. The molecule has 0 saturated heterocycles. The summed E-state index contributed by atoms with van der Waals surface area (Å²) in [6.07, 6.45) is 0. The van der Waals surface area contributed by atoms with Crippen molar-refractivity contribution in [1.82, 2.24) is 0 Å². The van der Waals surface area contributed by atoms with Gasteiger partial charge in [0.25, 0.3) is 15.9 Å². The van der Waals surface area contributed by atoms with Gasteiger partial charge in [-0.1, -0.05) is 17.7 Å². The second-order valence-electron chi connectivity index (χ2n) is 6.92. The molecule has 0 aliphatic carbocycles. The fourth-order valence-electron chi connectivity index (χ4n) is 2.89. The Kier molecular flexibility index (Phi) is 6.82. The molecule has 0 aliphatic rings. The molecule has 3 aromatic rings. The molecule has 0 saturated carbocycles. The van der Waals surface area contributed by atoms with Crippen LogP contribution in [0.25, 0.3) is 0 Å². The maximum Gasteiger partial charge on any atom is 0.262 e. The standard InChI is InChI=1S/C22H20ClFN2O4S/c1-14-9-15(2)11-18(10-14)25-22(27)13-30-21-8-7-19(12-20(21)23)31(28,29)26-17-5-3-16(24)4-6-17/h3-12,26H,13H2,1-2H3,(H,25,27). The van der Waals surface area contributed by atoms with Crippen molar-refractivity contribution in [1.29, 1.82) is 0 Å². The van der Waals surface area contributed by atoms with Gasteiger partial charge in [0.15, 0.2) is 6.61 Å². The molecule has 0 atom stereocenters. The molecule has 0 bridgehead atoms. The van der Waals surface area contributed by atoms with Crippen LogP contribution in [0.4, 0.5) is 15.8 Å². The lowest BCUT2D eigenvalue weighted by Crippen LogP contribution is -2.20. The molecule has 0 spiro atoms. The summed E-state index contributed by atoms with van der Waals surface area (Å²) >= 11 is 6.15. The molecule has 9 heteroatoms. The Bertz CT molecular complexity index is 1190. The minimum absolute atomic E-state index is 0.0289. The van der Waals surface area contributed by atoms with Crippen molar-refractivity contribution in [3.63, 3.8) is 0 Å². The number of hydrogen-bond donors (Lipinski definition) is 2. The number of nitrogens with one attached hydrogen (secondary N) is 2. The molecule has 0 aliphatic heterocycles. The zero-order valence-corrected chi connectivity index (χ0v) is 18.4. The van der Waals surface area contributed by atoms with Crippen molar-refractivity contribution in [3.8, 4) is 5.75 Å². The first-order chi connectivity index (χ1) is 14.6. The van der Waals surface area contributed by atoms with E-state index in [1.807, 2.05) is 32.0 Å². The Morgan fingerprint density at radius 3 is 2.23 bits per heavy atom. The van der Waals surface area contributed by atoms with Crippen LogP contribution in [-0.2, 0) is 14.8 Å². The van der Waals surface area contributed by atoms with Gasteiger partial charge in [0.1, 0.15) is 11.6 Å². The number of ether oxygens (including phenoxy) is 1. The van der Waals surface area contributed by atoms with Crippen LogP contribution >= 0.6 is 11.6 Å². The van der Waals surface area contributed by atoms with E-state index in [9.17, 15) is 17.6 Å². The molecular formula is C22H20ClFN2O4S. The van der Waals surface area contributed by atoms with Crippen LogP contribution in [0, 0.1) is 19.7 Å². The first-order valence-electron chi connectivity index (χ1n) is 9.21. The van der Waals surface area contributed by atoms with Gasteiger partial charge in [0.05, 0.1) is 9.92 Å². The largest absolute Gasteiger partial charge is 0.482 e. The van der Waals surface area contributed by atoms with Crippen LogP contribution in [-0.4, -0.2) is 20.9 Å². The average molecular weight is 463 g/mol. The number of benzene rings is 3. The highest BCUT2D eigenvalue weighted by molar-refractivity contribution is 7.92. The van der Waals surface area contributed by atoms with E-state index in [0.717, 1.165) is 23.3 Å². The van der Waals surface area contributed by atoms with Crippen molar-refractivity contribution in [2.75, 3.05) is 16.6 Å². The maximum atomic E-state index is 13.0. The average Bonchev–Trinajstić information content (AvgIpc) is 2.68. The zero-order valence-electron chi connectivity index (χ0n) is 16.8. The summed E-state index contributed by atoms with van der Waals surface area (Å²) < 4.78 is 45.8. The number of hydrogen-bond acceptors (Lipinski definition) is 4. The molecule has 2 N–H and O–H groups in total. The molecule has 3 aromatic carbocycles. The molecule has 6 nitrogen and oxygen atoms in total. The number of carbonyl (C=O) groups is 1. The molecule has 31 heavy (non-hydrogen) atoms. The number of halogens is 2. The highest BCUT2D eigenvalue weighted by Gasteiger charge is 2.17. The number of sulfonamides is 1. The first-order valence-corrected chi connectivity index (χ1v) is 11.1. The zero-order chi connectivity index (χ0) is 22.6. The third-order valence-electron chi connectivity index (χ3n) is 4.17. The smallest absolute Gasteiger partial charge is 0.262 e. The van der Waals surface area contributed by atoms with Crippen molar-refractivity contribution >= 4 is 38.9 Å². The molecule has 162 valence electrons. The van der Waals surface area contributed by atoms with Crippen molar-refractivity contribution in [3.05, 3.63) is 82.6 Å².